The summed E-state index contributed by atoms with van der Waals surface area (Å²) in [5.41, 5.74) is 7.95. The monoisotopic (exact) mass is 275 g/mol. The fraction of sp³-hybridized carbons (Fsp3) is 0.643. The highest BCUT2D eigenvalue weighted by Gasteiger charge is 2.23. The molecule has 0 atom stereocenters. The van der Waals surface area contributed by atoms with E-state index in [-0.39, 0.29) is 0 Å². The Labute approximate surface area is 118 Å². The van der Waals surface area contributed by atoms with Crippen LogP contribution in [0.4, 0.5) is 0 Å². The minimum atomic E-state index is -0.578. The second-order valence-corrected chi connectivity index (χ2v) is 6.08. The Balaban J connectivity index is 1.88. The van der Waals surface area contributed by atoms with Gasteiger partial charge in [0.15, 0.2) is 5.82 Å². The van der Waals surface area contributed by atoms with E-state index in [2.05, 4.69) is 19.7 Å². The lowest BCUT2D eigenvalue weighted by atomic mass is 10.0. The second kappa shape index (κ2) is 4.70. The van der Waals surface area contributed by atoms with Crippen molar-refractivity contribution in [2.24, 2.45) is 5.73 Å². The number of aryl methyl sites for hydroxylation is 2. The smallest absolute Gasteiger partial charge is 0.246 e. The van der Waals surface area contributed by atoms with Crippen molar-refractivity contribution >= 4 is 0 Å². The van der Waals surface area contributed by atoms with E-state index in [0.29, 0.717) is 18.3 Å². The first-order valence-corrected chi connectivity index (χ1v) is 7.12. The molecule has 0 radical (unpaired) electrons. The van der Waals surface area contributed by atoms with E-state index >= 15 is 0 Å². The van der Waals surface area contributed by atoms with Crippen molar-refractivity contribution in [3.05, 3.63) is 28.9 Å². The normalized spacial score (nSPS) is 15.4. The fourth-order valence-corrected chi connectivity index (χ4v) is 2.66. The van der Waals surface area contributed by atoms with Crippen molar-refractivity contribution in [2.75, 3.05) is 0 Å². The van der Waals surface area contributed by atoms with Gasteiger partial charge < -0.3 is 14.8 Å². The van der Waals surface area contributed by atoms with Gasteiger partial charge in [-0.15, -0.1) is 0 Å². The summed E-state index contributed by atoms with van der Waals surface area (Å²) in [5.74, 6) is 2.15. The number of nitrogens with zero attached hydrogens (tertiary/aromatic N) is 4. The van der Waals surface area contributed by atoms with Gasteiger partial charge in [-0.2, -0.15) is 4.98 Å². The molecule has 6 nitrogen and oxygen atoms in total. The fourth-order valence-electron chi connectivity index (χ4n) is 2.66. The minimum Gasteiger partial charge on any atom is -0.337 e. The molecule has 2 aromatic rings. The molecule has 108 valence electrons. The van der Waals surface area contributed by atoms with Crippen molar-refractivity contribution in [3.8, 4) is 0 Å². The SMILES string of the molecule is Cc1nc2c(n1Cc1nc(C(C)(C)N)no1)CCCC2. The van der Waals surface area contributed by atoms with Gasteiger partial charge in [0.25, 0.3) is 0 Å². The number of nitrogens with two attached hydrogens (primary N) is 1. The molecular weight excluding hydrogens is 254 g/mol. The molecule has 0 amide bonds. The van der Waals surface area contributed by atoms with Crippen molar-refractivity contribution < 1.29 is 4.52 Å². The number of rotatable bonds is 3. The molecule has 2 heterocycles. The summed E-state index contributed by atoms with van der Waals surface area (Å²) in [7, 11) is 0. The second-order valence-electron chi connectivity index (χ2n) is 6.08. The van der Waals surface area contributed by atoms with Crippen LogP contribution in [0.15, 0.2) is 4.52 Å². The van der Waals surface area contributed by atoms with Crippen molar-refractivity contribution in [1.29, 1.82) is 0 Å². The van der Waals surface area contributed by atoms with Crippen LogP contribution < -0.4 is 5.73 Å². The van der Waals surface area contributed by atoms with E-state index in [9.17, 15) is 0 Å². The molecule has 6 heteroatoms. The molecule has 1 aliphatic carbocycles. The molecule has 2 aromatic heterocycles. The van der Waals surface area contributed by atoms with Gasteiger partial charge in [-0.05, 0) is 46.5 Å². The summed E-state index contributed by atoms with van der Waals surface area (Å²) in [6.07, 6.45) is 4.62. The largest absolute Gasteiger partial charge is 0.337 e. The predicted octanol–water partition coefficient (Wildman–Crippen LogP) is 1.70. The quantitative estimate of drug-likeness (QED) is 0.921. The average Bonchev–Trinajstić information content (AvgIpc) is 2.95. The zero-order chi connectivity index (χ0) is 14.3. The number of hydrogen-bond acceptors (Lipinski definition) is 5. The van der Waals surface area contributed by atoms with E-state index in [1.165, 1.54) is 24.2 Å². The molecular formula is C14H21N5O. The lowest BCUT2D eigenvalue weighted by molar-refractivity contribution is 0.353. The van der Waals surface area contributed by atoms with E-state index in [0.717, 1.165) is 18.7 Å². The maximum Gasteiger partial charge on any atom is 0.246 e. The van der Waals surface area contributed by atoms with Crippen molar-refractivity contribution in [2.45, 2.75) is 58.5 Å². The predicted molar refractivity (Wildman–Crippen MR) is 74.2 cm³/mol. The van der Waals surface area contributed by atoms with Crippen molar-refractivity contribution in [3.63, 3.8) is 0 Å². The summed E-state index contributed by atoms with van der Waals surface area (Å²) in [6, 6.07) is 0. The van der Waals surface area contributed by atoms with E-state index < -0.39 is 5.54 Å². The Morgan fingerprint density at radius 1 is 1.25 bits per heavy atom. The van der Waals surface area contributed by atoms with Gasteiger partial charge in [0.05, 0.1) is 11.2 Å². The first-order valence-electron chi connectivity index (χ1n) is 7.12. The van der Waals surface area contributed by atoms with E-state index in [4.69, 9.17) is 10.3 Å². The van der Waals surface area contributed by atoms with Crippen LogP contribution in [0.2, 0.25) is 0 Å². The van der Waals surface area contributed by atoms with Crippen LogP contribution in [-0.4, -0.2) is 19.7 Å². The van der Waals surface area contributed by atoms with Crippen LogP contribution in [0.1, 0.15) is 55.6 Å². The van der Waals surface area contributed by atoms with Gasteiger partial charge in [-0.25, -0.2) is 4.98 Å². The Bertz CT molecular complexity index is 620. The molecule has 0 spiro atoms. The Morgan fingerprint density at radius 2 is 2.00 bits per heavy atom. The van der Waals surface area contributed by atoms with Crippen LogP contribution >= 0.6 is 0 Å². The minimum absolute atomic E-state index is 0.541. The lowest BCUT2D eigenvalue weighted by Crippen LogP contribution is -2.30. The summed E-state index contributed by atoms with van der Waals surface area (Å²) < 4.78 is 7.51. The average molecular weight is 275 g/mol. The van der Waals surface area contributed by atoms with Crippen LogP contribution in [0.3, 0.4) is 0 Å². The molecule has 0 aliphatic heterocycles. The van der Waals surface area contributed by atoms with Crippen molar-refractivity contribution in [1.82, 2.24) is 19.7 Å². The van der Waals surface area contributed by atoms with Gasteiger partial charge in [0, 0.05) is 5.69 Å². The van der Waals surface area contributed by atoms with Crippen LogP contribution in [0, 0.1) is 6.92 Å². The molecule has 3 rings (SSSR count). The Morgan fingerprint density at radius 3 is 2.70 bits per heavy atom. The summed E-state index contributed by atoms with van der Waals surface area (Å²) in [6.45, 7) is 6.34. The molecule has 0 aromatic carbocycles. The molecule has 1 aliphatic rings. The topological polar surface area (TPSA) is 82.8 Å². The summed E-state index contributed by atoms with van der Waals surface area (Å²) in [4.78, 5) is 9.05. The highest BCUT2D eigenvalue weighted by molar-refractivity contribution is 5.20. The molecule has 20 heavy (non-hydrogen) atoms. The number of fused-ring (bicyclic) bond motifs is 1. The zero-order valence-corrected chi connectivity index (χ0v) is 12.3. The Hall–Kier alpha value is -1.69. The first kappa shape index (κ1) is 13.3. The van der Waals surface area contributed by atoms with Gasteiger partial charge in [0.2, 0.25) is 5.89 Å². The summed E-state index contributed by atoms with van der Waals surface area (Å²) in [5, 5.41) is 3.96. The zero-order valence-electron chi connectivity index (χ0n) is 12.3. The Kier molecular flexibility index (Phi) is 3.12. The third kappa shape index (κ3) is 2.35. The van der Waals surface area contributed by atoms with E-state index in [1.807, 2.05) is 20.8 Å². The molecule has 0 fully saturated rings. The van der Waals surface area contributed by atoms with Gasteiger partial charge in [-0.1, -0.05) is 5.16 Å². The van der Waals surface area contributed by atoms with Crippen LogP contribution in [-0.2, 0) is 24.9 Å². The maximum atomic E-state index is 5.98. The standard InChI is InChI=1S/C14H21N5O/c1-9-16-10-6-4-5-7-11(10)19(9)8-12-17-13(18-20-12)14(2,3)15/h4-8,15H2,1-3H3. The number of hydrogen-bond donors (Lipinski definition) is 1. The van der Waals surface area contributed by atoms with E-state index in [1.54, 1.807) is 0 Å². The third-order valence-corrected chi connectivity index (χ3v) is 3.76. The molecule has 0 unspecified atom stereocenters. The van der Waals surface area contributed by atoms with Crippen LogP contribution in [0.5, 0.6) is 0 Å². The first-order chi connectivity index (χ1) is 9.45. The van der Waals surface area contributed by atoms with Gasteiger partial charge >= 0.3 is 0 Å². The third-order valence-electron chi connectivity index (χ3n) is 3.76. The summed E-state index contributed by atoms with van der Waals surface area (Å²) >= 11 is 0. The highest BCUT2D eigenvalue weighted by Crippen LogP contribution is 2.23. The molecule has 2 N–H and O–H groups in total. The van der Waals surface area contributed by atoms with Gasteiger partial charge in [0.1, 0.15) is 12.4 Å². The molecule has 0 saturated heterocycles. The number of aromatic nitrogens is 4. The van der Waals surface area contributed by atoms with Gasteiger partial charge in [-0.3, -0.25) is 0 Å². The molecule has 0 bridgehead atoms. The number of imidazole rings is 1. The highest BCUT2D eigenvalue weighted by atomic mass is 16.5. The van der Waals surface area contributed by atoms with Crippen LogP contribution in [0.25, 0.3) is 0 Å². The lowest BCUT2D eigenvalue weighted by Gasteiger charge is -2.13. The maximum absolute atomic E-state index is 5.98. The molecule has 0 saturated carbocycles.